The van der Waals surface area contributed by atoms with E-state index in [1.54, 1.807) is 13.2 Å². The molecule has 0 aliphatic carbocycles. The molecule has 0 aromatic carbocycles. The molecule has 106 valence electrons. The van der Waals surface area contributed by atoms with E-state index in [-0.39, 0.29) is 18.3 Å². The van der Waals surface area contributed by atoms with E-state index >= 15 is 0 Å². The van der Waals surface area contributed by atoms with E-state index in [4.69, 9.17) is 5.11 Å². The van der Waals surface area contributed by atoms with Crippen LogP contribution in [-0.2, 0) is 22.1 Å². The lowest BCUT2D eigenvalue weighted by Crippen LogP contribution is -2.35. The summed E-state index contributed by atoms with van der Waals surface area (Å²) in [4.78, 5) is 21.9. The van der Waals surface area contributed by atoms with Crippen molar-refractivity contribution in [3.8, 4) is 0 Å². The molecule has 0 bridgehead atoms. The fraction of sp³-hybridized carbons (Fsp3) is 0.500. The molecule has 3 N–H and O–H groups in total. The zero-order valence-electron chi connectivity index (χ0n) is 10.6. The quantitative estimate of drug-likeness (QED) is 0.674. The summed E-state index contributed by atoms with van der Waals surface area (Å²) < 4.78 is 12.3. The van der Waals surface area contributed by atoms with Crippen molar-refractivity contribution in [2.45, 2.75) is 18.7 Å². The summed E-state index contributed by atoms with van der Waals surface area (Å²) in [5.74, 6) is -1.02. The number of nitrogens with one attached hydrogen (secondary N) is 2. The highest BCUT2D eigenvalue weighted by Crippen LogP contribution is 2.04. The number of anilines is 1. The number of hydrogen-bond acceptors (Lipinski definition) is 4. The van der Waals surface area contributed by atoms with Crippen LogP contribution < -0.4 is 10.6 Å². The first-order valence-electron chi connectivity index (χ1n) is 5.50. The van der Waals surface area contributed by atoms with Crippen LogP contribution in [0.5, 0.6) is 0 Å². The lowest BCUT2D eigenvalue weighted by atomic mass is 10.5. The van der Waals surface area contributed by atoms with Crippen molar-refractivity contribution >= 4 is 28.5 Å². The molecule has 0 aliphatic heterocycles. The topological polar surface area (TPSA) is 113 Å². The predicted molar refractivity (Wildman–Crippen MR) is 70.4 cm³/mol. The molecule has 8 nitrogen and oxygen atoms in total. The van der Waals surface area contributed by atoms with Crippen LogP contribution in [0.25, 0.3) is 0 Å². The largest absolute Gasteiger partial charge is 0.480 e. The lowest BCUT2D eigenvalue weighted by molar-refractivity contribution is -0.137. The molecule has 0 fully saturated rings. The Hall–Kier alpha value is -1.90. The Morgan fingerprint density at radius 3 is 2.84 bits per heavy atom. The van der Waals surface area contributed by atoms with Crippen molar-refractivity contribution in [3.05, 3.63) is 12.4 Å². The Balaban J connectivity index is 2.42. The number of urea groups is 1. The normalized spacial score (nSPS) is 13.6. The first kappa shape index (κ1) is 15.2. The molecule has 0 saturated carbocycles. The van der Waals surface area contributed by atoms with Gasteiger partial charge >= 0.3 is 12.0 Å². The summed E-state index contributed by atoms with van der Waals surface area (Å²) in [6.45, 7) is 1.79. The van der Waals surface area contributed by atoms with Gasteiger partial charge in [-0.05, 0) is 6.92 Å². The molecule has 0 aliphatic rings. The van der Waals surface area contributed by atoms with Crippen LogP contribution in [0, 0.1) is 0 Å². The van der Waals surface area contributed by atoms with Gasteiger partial charge in [0.1, 0.15) is 6.54 Å². The summed E-state index contributed by atoms with van der Waals surface area (Å²) in [5, 5.41) is 17.3. The Morgan fingerprint density at radius 1 is 1.58 bits per heavy atom. The Bertz CT molecular complexity index is 488. The Labute approximate surface area is 112 Å². The molecule has 2 atom stereocenters. The molecule has 2 unspecified atom stereocenters. The van der Waals surface area contributed by atoms with Gasteiger partial charge in [0.2, 0.25) is 0 Å². The van der Waals surface area contributed by atoms with E-state index < -0.39 is 22.8 Å². The fourth-order valence-electron chi connectivity index (χ4n) is 1.18. The van der Waals surface area contributed by atoms with Gasteiger partial charge in [-0.2, -0.15) is 5.10 Å². The summed E-state index contributed by atoms with van der Waals surface area (Å²) in [6.07, 6.45) is 4.33. The second-order valence-corrected chi connectivity index (χ2v) is 5.77. The third kappa shape index (κ3) is 5.51. The maximum absolute atomic E-state index is 11.5. The summed E-state index contributed by atoms with van der Waals surface area (Å²) in [5.41, 5.74) is 0.393. The van der Waals surface area contributed by atoms with Crippen molar-refractivity contribution in [3.63, 3.8) is 0 Å². The van der Waals surface area contributed by atoms with Gasteiger partial charge < -0.3 is 15.7 Å². The van der Waals surface area contributed by atoms with Crippen molar-refractivity contribution in [1.29, 1.82) is 0 Å². The average molecular weight is 288 g/mol. The minimum atomic E-state index is -1.02. The van der Waals surface area contributed by atoms with Crippen LogP contribution in [0.15, 0.2) is 12.4 Å². The number of nitrogens with zero attached hydrogens (tertiary/aromatic N) is 2. The number of rotatable bonds is 6. The smallest absolute Gasteiger partial charge is 0.325 e. The average Bonchev–Trinajstić information content (AvgIpc) is 2.72. The number of carbonyl (C=O) groups is 2. The Morgan fingerprint density at radius 2 is 2.26 bits per heavy atom. The number of carbonyl (C=O) groups excluding carboxylic acids is 1. The molecule has 9 heteroatoms. The third-order valence-electron chi connectivity index (χ3n) is 2.31. The van der Waals surface area contributed by atoms with Gasteiger partial charge in [0.15, 0.2) is 0 Å². The highest BCUT2D eigenvalue weighted by atomic mass is 32.2. The van der Waals surface area contributed by atoms with Gasteiger partial charge in [0.05, 0.1) is 11.9 Å². The van der Waals surface area contributed by atoms with E-state index in [9.17, 15) is 13.8 Å². The van der Waals surface area contributed by atoms with Crippen LogP contribution >= 0.6 is 0 Å². The van der Waals surface area contributed by atoms with Gasteiger partial charge in [0, 0.05) is 35.0 Å². The van der Waals surface area contributed by atoms with Gasteiger partial charge in [0.25, 0.3) is 0 Å². The minimum Gasteiger partial charge on any atom is -0.480 e. The molecule has 19 heavy (non-hydrogen) atoms. The molecule has 1 rings (SSSR count). The Kier molecular flexibility index (Phi) is 5.49. The number of aromatic nitrogens is 2. The summed E-state index contributed by atoms with van der Waals surface area (Å²) >= 11 is 0. The van der Waals surface area contributed by atoms with E-state index in [0.29, 0.717) is 5.69 Å². The highest BCUT2D eigenvalue weighted by molar-refractivity contribution is 7.84. The van der Waals surface area contributed by atoms with E-state index in [0.717, 1.165) is 0 Å². The molecule has 0 spiro atoms. The highest BCUT2D eigenvalue weighted by Gasteiger charge is 2.09. The SMILES string of the molecule is CC(CNC(=O)Nc1cnn(CC(=O)O)c1)S(C)=O. The lowest BCUT2D eigenvalue weighted by Gasteiger charge is -2.09. The van der Waals surface area contributed by atoms with Crippen molar-refractivity contribution in [1.82, 2.24) is 15.1 Å². The van der Waals surface area contributed by atoms with Crippen molar-refractivity contribution < 1.29 is 18.9 Å². The predicted octanol–water partition coefficient (Wildman–Crippen LogP) is -0.144. The molecular weight excluding hydrogens is 272 g/mol. The fourth-order valence-corrected chi connectivity index (χ4v) is 1.50. The monoisotopic (exact) mass is 288 g/mol. The van der Waals surface area contributed by atoms with Crippen LogP contribution in [0.2, 0.25) is 0 Å². The number of aliphatic carboxylic acids is 1. The second-order valence-electron chi connectivity index (χ2n) is 3.96. The summed E-state index contributed by atoms with van der Waals surface area (Å²) in [7, 11) is -1.00. The molecule has 1 heterocycles. The van der Waals surface area contributed by atoms with Crippen LogP contribution in [0.1, 0.15) is 6.92 Å². The van der Waals surface area contributed by atoms with E-state index in [1.165, 1.54) is 17.1 Å². The first-order valence-corrected chi connectivity index (χ1v) is 7.12. The van der Waals surface area contributed by atoms with Crippen molar-refractivity contribution in [2.24, 2.45) is 0 Å². The zero-order chi connectivity index (χ0) is 14.4. The standard InChI is InChI=1S/C10H16N4O4S/c1-7(19(2)18)3-11-10(17)13-8-4-12-14(5-8)6-9(15)16/h4-5,7H,3,6H2,1-2H3,(H,15,16)(H2,11,13,17). The molecule has 1 aromatic rings. The number of carboxylic acids is 1. The molecule has 0 radical (unpaired) electrons. The van der Waals surface area contributed by atoms with E-state index in [2.05, 4.69) is 15.7 Å². The number of carboxylic acid groups (broad SMARTS) is 1. The molecule has 1 aromatic heterocycles. The molecule has 0 saturated heterocycles. The minimum absolute atomic E-state index is 0.138. The maximum Gasteiger partial charge on any atom is 0.325 e. The van der Waals surface area contributed by atoms with Gasteiger partial charge in [-0.15, -0.1) is 0 Å². The zero-order valence-corrected chi connectivity index (χ0v) is 11.4. The molecular formula is C10H16N4O4S. The van der Waals surface area contributed by atoms with E-state index in [1.807, 2.05) is 0 Å². The van der Waals surface area contributed by atoms with Crippen molar-refractivity contribution in [2.75, 3.05) is 18.1 Å². The number of amides is 2. The second kappa shape index (κ2) is 6.88. The van der Waals surface area contributed by atoms with Crippen LogP contribution in [-0.4, -0.2) is 49.1 Å². The van der Waals surface area contributed by atoms with Crippen LogP contribution in [0.4, 0.5) is 10.5 Å². The van der Waals surface area contributed by atoms with Gasteiger partial charge in [-0.25, -0.2) is 4.79 Å². The van der Waals surface area contributed by atoms with Crippen LogP contribution in [0.3, 0.4) is 0 Å². The summed E-state index contributed by atoms with van der Waals surface area (Å²) in [6, 6.07) is -0.452. The first-order chi connectivity index (χ1) is 8.88. The number of hydrogen-bond donors (Lipinski definition) is 3. The van der Waals surface area contributed by atoms with Gasteiger partial charge in [-0.3, -0.25) is 13.7 Å². The maximum atomic E-state index is 11.5. The van der Waals surface area contributed by atoms with Gasteiger partial charge in [-0.1, -0.05) is 0 Å². The molecule has 2 amide bonds. The third-order valence-corrected chi connectivity index (χ3v) is 3.61.